The Labute approximate surface area is 248 Å². The second kappa shape index (κ2) is 12.8. The zero-order chi connectivity index (χ0) is 32.2. The molecule has 0 radical (unpaired) electrons. The van der Waals surface area contributed by atoms with E-state index in [1.165, 1.54) is 6.20 Å². The summed E-state index contributed by atoms with van der Waals surface area (Å²) in [6.07, 6.45) is 1.72. The summed E-state index contributed by atoms with van der Waals surface area (Å²) >= 11 is 0. The van der Waals surface area contributed by atoms with E-state index in [2.05, 4.69) is 10.3 Å². The molecule has 1 unspecified atom stereocenters. The van der Waals surface area contributed by atoms with E-state index in [-0.39, 0.29) is 30.0 Å². The van der Waals surface area contributed by atoms with E-state index >= 15 is 0 Å². The third-order valence-electron chi connectivity index (χ3n) is 6.95. The zero-order valence-corrected chi connectivity index (χ0v) is 25.2. The van der Waals surface area contributed by atoms with Crippen LogP contribution in [0.5, 0.6) is 0 Å². The summed E-state index contributed by atoms with van der Waals surface area (Å²) < 4.78 is 28.9. The van der Waals surface area contributed by atoms with Crippen molar-refractivity contribution in [3.63, 3.8) is 0 Å². The number of hydrogen-bond acceptors (Lipinski definition) is 10. The number of nitro groups is 2. The summed E-state index contributed by atoms with van der Waals surface area (Å²) in [5, 5.41) is 25.8. The molecule has 15 heteroatoms. The van der Waals surface area contributed by atoms with Gasteiger partial charge < -0.3 is 10.1 Å². The van der Waals surface area contributed by atoms with Crippen LogP contribution in [0.4, 0.5) is 21.9 Å². The number of benzene rings is 2. The van der Waals surface area contributed by atoms with Crippen molar-refractivity contribution in [3.05, 3.63) is 86.2 Å². The first-order valence-electron chi connectivity index (χ1n) is 13.2. The number of methoxy groups -OCH3 is 1. The molecule has 1 N–H and O–H groups in total. The van der Waals surface area contributed by atoms with E-state index in [1.54, 1.807) is 39.8 Å². The molecule has 14 nitrogen and oxygen atoms in total. The van der Waals surface area contributed by atoms with Crippen molar-refractivity contribution in [1.29, 1.82) is 0 Å². The van der Waals surface area contributed by atoms with Crippen molar-refractivity contribution in [3.8, 4) is 0 Å². The van der Waals surface area contributed by atoms with Crippen molar-refractivity contribution < 1.29 is 32.6 Å². The summed E-state index contributed by atoms with van der Waals surface area (Å²) in [6.45, 7) is 6.40. The topological polar surface area (TPSA) is 188 Å². The van der Waals surface area contributed by atoms with Gasteiger partial charge >= 0.3 is 11.8 Å². The third-order valence-corrected chi connectivity index (χ3v) is 9.66. The Morgan fingerprint density at radius 2 is 1.70 bits per heavy atom. The lowest BCUT2D eigenvalue weighted by Crippen LogP contribution is -2.47. The van der Waals surface area contributed by atoms with Gasteiger partial charge in [0.1, 0.15) is 18.0 Å². The number of carbonyl (C=O) groups excluding carboxylic acids is 2. The Morgan fingerprint density at radius 1 is 1.05 bits per heavy atom. The van der Waals surface area contributed by atoms with Crippen LogP contribution in [-0.2, 0) is 25.8 Å². The molecule has 1 heterocycles. The van der Waals surface area contributed by atoms with Crippen LogP contribution in [0.15, 0.2) is 65.4 Å². The first-order chi connectivity index (χ1) is 20.0. The lowest BCUT2D eigenvalue weighted by atomic mass is 9.99. The van der Waals surface area contributed by atoms with Crippen molar-refractivity contribution in [1.82, 2.24) is 9.80 Å². The summed E-state index contributed by atoms with van der Waals surface area (Å²) in [6, 6.07) is 11.3. The Balaban J connectivity index is 1.88. The fraction of sp³-hybridized carbons (Fsp3) is 0.393. The molecule has 230 valence electrons. The number of rotatable bonds is 11. The maximum atomic E-state index is 13.4. The van der Waals surface area contributed by atoms with E-state index < -0.39 is 64.2 Å². The number of hydrogen-bond donors (Lipinski definition) is 1. The van der Waals surface area contributed by atoms with Gasteiger partial charge in [-0.25, -0.2) is 13.4 Å². The van der Waals surface area contributed by atoms with Gasteiger partial charge in [0.05, 0.1) is 33.4 Å². The van der Waals surface area contributed by atoms with Crippen molar-refractivity contribution >= 4 is 45.2 Å². The van der Waals surface area contributed by atoms with E-state index in [0.29, 0.717) is 0 Å². The monoisotopic (exact) mass is 616 g/mol. The van der Waals surface area contributed by atoms with E-state index in [0.717, 1.165) is 37.2 Å². The summed E-state index contributed by atoms with van der Waals surface area (Å²) in [4.78, 5) is 52.0. The minimum atomic E-state index is -3.65. The number of aliphatic imine (C=N–C) groups is 1. The Kier molecular flexibility index (Phi) is 9.82. The molecule has 43 heavy (non-hydrogen) atoms. The van der Waals surface area contributed by atoms with Gasteiger partial charge in [-0.2, -0.15) is 4.79 Å². The normalized spacial score (nSPS) is 17.9. The molecule has 3 atom stereocenters. The largest absolute Gasteiger partial charge is 0.532 e. The molecule has 3 rings (SSSR count). The van der Waals surface area contributed by atoms with Crippen molar-refractivity contribution in [2.75, 3.05) is 12.9 Å². The average molecular weight is 617 g/mol. The highest BCUT2D eigenvalue weighted by Crippen LogP contribution is 2.39. The molecule has 0 saturated carbocycles. The molecule has 0 spiro atoms. The van der Waals surface area contributed by atoms with Gasteiger partial charge in [-0.3, -0.25) is 25.0 Å². The lowest BCUT2D eigenvalue weighted by molar-refractivity contribution is -0.393. The van der Waals surface area contributed by atoms with Gasteiger partial charge in [0, 0.05) is 24.6 Å². The number of quaternary nitrogens is 1. The summed E-state index contributed by atoms with van der Waals surface area (Å²) in [5.41, 5.74) is -0.379. The summed E-state index contributed by atoms with van der Waals surface area (Å²) in [5.74, 6) is -1.73. The highest BCUT2D eigenvalue weighted by Gasteiger charge is 2.48. The molecule has 0 aromatic heterocycles. The number of carbonyl (C=O) groups is 2. The fourth-order valence-corrected chi connectivity index (χ4v) is 5.80. The standard InChI is InChI=1S/C28H33N5O9S/c1-19(30-26(34)21(14-20-9-7-6-8-10-20)17-43(40,41)28(2,3)4)13-22-16-33(18-29-22,27(35)42-5)25-12-11-23(31(36)37)15-24(25)32(38)39/h6-12,15-16,18-19,21H,13-14,17H2,1-5H3/p+1/t19-,21-,33?/m1/s1. The number of sulfone groups is 1. The van der Waals surface area contributed by atoms with E-state index in [9.17, 15) is 38.2 Å². The van der Waals surface area contributed by atoms with Gasteiger partial charge in [0.25, 0.3) is 5.69 Å². The number of ether oxygens (including phenoxy) is 1. The highest BCUT2D eigenvalue weighted by molar-refractivity contribution is 7.92. The SMILES string of the molecule is COC(=O)[N+]1(c2ccc([N+](=O)[O-])cc2[N+](=O)[O-])C=NC(C[C@@H](C)NC(=O)[C@H](Cc2ccccc2)CS(=O)(=O)C(C)(C)C)=C1. The quantitative estimate of drug-likeness (QED) is 0.216. The number of nitrogens with zero attached hydrogens (tertiary/aromatic N) is 4. The molecule has 0 saturated heterocycles. The molecular weight excluding hydrogens is 582 g/mol. The van der Waals surface area contributed by atoms with Crippen LogP contribution in [0.2, 0.25) is 0 Å². The molecule has 2 amide bonds. The Morgan fingerprint density at radius 3 is 2.26 bits per heavy atom. The van der Waals surface area contributed by atoms with Crippen molar-refractivity contribution in [2.45, 2.75) is 51.3 Å². The second-order valence-electron chi connectivity index (χ2n) is 11.2. The Bertz CT molecular complexity index is 1580. The third kappa shape index (κ3) is 7.48. The van der Waals surface area contributed by atoms with Crippen LogP contribution in [0.25, 0.3) is 0 Å². The van der Waals surface area contributed by atoms with Crippen LogP contribution < -0.4 is 9.80 Å². The van der Waals surface area contributed by atoms with Gasteiger partial charge in [0.2, 0.25) is 17.9 Å². The van der Waals surface area contributed by atoms with Gasteiger partial charge in [-0.15, -0.1) is 4.48 Å². The predicted octanol–water partition coefficient (Wildman–Crippen LogP) is 4.43. The molecule has 1 aliphatic rings. The molecule has 2 aromatic carbocycles. The first-order valence-corrected chi connectivity index (χ1v) is 14.9. The minimum Gasteiger partial charge on any atom is -0.422 e. The average Bonchev–Trinajstić information content (AvgIpc) is 3.36. The first kappa shape index (κ1) is 33.0. The fourth-order valence-electron chi connectivity index (χ4n) is 4.50. The smallest absolute Gasteiger partial charge is 0.422 e. The van der Waals surface area contributed by atoms with E-state index in [4.69, 9.17) is 4.74 Å². The minimum absolute atomic E-state index is 0.0735. The molecule has 0 fully saturated rings. The van der Waals surface area contributed by atoms with Crippen LogP contribution in [0.3, 0.4) is 0 Å². The van der Waals surface area contributed by atoms with Crippen molar-refractivity contribution in [2.24, 2.45) is 10.9 Å². The maximum Gasteiger partial charge on any atom is 0.532 e. The second-order valence-corrected chi connectivity index (χ2v) is 14.0. The van der Waals surface area contributed by atoms with Crippen LogP contribution in [-0.4, -0.2) is 60.3 Å². The molecular formula is C28H34N5O9S+. The lowest BCUT2D eigenvalue weighted by Gasteiger charge is -2.25. The number of amides is 2. The number of nitrogens with one attached hydrogen (secondary N) is 1. The van der Waals surface area contributed by atoms with Crippen LogP contribution in [0, 0.1) is 26.1 Å². The number of nitro benzene ring substituents is 2. The Hall–Kier alpha value is -4.50. The van der Waals surface area contributed by atoms with E-state index in [1.807, 2.05) is 18.2 Å². The predicted molar refractivity (Wildman–Crippen MR) is 160 cm³/mol. The highest BCUT2D eigenvalue weighted by atomic mass is 32.2. The number of non-ortho nitro benzene ring substituents is 1. The van der Waals surface area contributed by atoms with Gasteiger partial charge in [-0.05, 0) is 39.7 Å². The van der Waals surface area contributed by atoms with Gasteiger partial charge in [0.15, 0.2) is 9.84 Å². The molecule has 2 aromatic rings. The molecule has 1 aliphatic heterocycles. The molecule has 0 bridgehead atoms. The zero-order valence-electron chi connectivity index (χ0n) is 24.4. The van der Waals surface area contributed by atoms with Crippen LogP contribution >= 0.6 is 0 Å². The van der Waals surface area contributed by atoms with Crippen LogP contribution in [0.1, 0.15) is 39.7 Å². The van der Waals surface area contributed by atoms with Gasteiger partial charge in [-0.1, -0.05) is 30.3 Å². The molecule has 0 aliphatic carbocycles. The summed E-state index contributed by atoms with van der Waals surface area (Å²) in [7, 11) is -2.56. The maximum absolute atomic E-state index is 13.4.